The molecule has 0 atom stereocenters. The summed E-state index contributed by atoms with van der Waals surface area (Å²) in [7, 11) is -4.41. The topological polar surface area (TPSA) is 92.4 Å². The Hall–Kier alpha value is -1.61. The number of nitrogens with one attached hydrogen (secondary N) is 1. The molecule has 2 aromatic rings. The van der Waals surface area contributed by atoms with Gasteiger partial charge in [0, 0.05) is 9.79 Å². The molecular weight excluding hydrogens is 376 g/mol. The molecule has 0 saturated heterocycles. The molecule has 0 bridgehead atoms. The van der Waals surface area contributed by atoms with E-state index in [9.17, 15) is 13.0 Å². The van der Waals surface area contributed by atoms with Crippen LogP contribution in [0.15, 0.2) is 57.2 Å². The average molecular weight is 397 g/mol. The normalized spacial score (nSPS) is 12.0. The Balaban J connectivity index is 2.33. The molecule has 0 radical (unpaired) electrons. The Kier molecular flexibility index (Phi) is 5.78. The second-order valence-electron chi connectivity index (χ2n) is 6.50. The van der Waals surface area contributed by atoms with Crippen LogP contribution in [0.25, 0.3) is 0 Å². The van der Waals surface area contributed by atoms with Gasteiger partial charge in [0.1, 0.15) is 4.90 Å². The van der Waals surface area contributed by atoms with E-state index in [4.69, 9.17) is 18.0 Å². The molecule has 0 heterocycles. The van der Waals surface area contributed by atoms with Crippen molar-refractivity contribution in [3.05, 3.63) is 48.0 Å². The first-order chi connectivity index (χ1) is 11.5. The zero-order valence-electron chi connectivity index (χ0n) is 14.1. The van der Waals surface area contributed by atoms with Crippen LogP contribution in [0.4, 0.5) is 5.69 Å². The molecule has 0 aliphatic rings. The lowest BCUT2D eigenvalue weighted by molar-refractivity contribution is 0.483. The average Bonchev–Trinajstić information content (AvgIpc) is 2.47. The predicted octanol–water partition coefficient (Wildman–Crippen LogP) is 4.04. The van der Waals surface area contributed by atoms with Gasteiger partial charge in [-0.15, -0.1) is 0 Å². The lowest BCUT2D eigenvalue weighted by atomic mass is 9.87. The fraction of sp³-hybridized carbons (Fsp3) is 0.235. The maximum Gasteiger partial charge on any atom is 0.296 e. The fourth-order valence-corrected chi connectivity index (χ4v) is 3.89. The van der Waals surface area contributed by atoms with Crippen LogP contribution in [0.1, 0.15) is 26.3 Å². The van der Waals surface area contributed by atoms with Crippen LogP contribution in [0.2, 0.25) is 0 Å². The summed E-state index contributed by atoms with van der Waals surface area (Å²) in [6, 6.07) is 12.7. The molecule has 5 nitrogen and oxygen atoms in total. The van der Waals surface area contributed by atoms with Gasteiger partial charge in [0.25, 0.3) is 10.1 Å². The smallest absolute Gasteiger partial charge is 0.296 e. The predicted molar refractivity (Wildman–Crippen MR) is 106 cm³/mol. The van der Waals surface area contributed by atoms with Crippen molar-refractivity contribution in [3.8, 4) is 0 Å². The maximum absolute atomic E-state index is 11.6. The number of nitrogens with two attached hydrogens (primary N) is 1. The molecule has 8 heteroatoms. The number of hydrogen-bond donors (Lipinski definition) is 3. The van der Waals surface area contributed by atoms with Gasteiger partial charge in [-0.25, -0.2) is 0 Å². The van der Waals surface area contributed by atoms with Crippen LogP contribution < -0.4 is 11.1 Å². The van der Waals surface area contributed by atoms with Crippen LogP contribution in [0.3, 0.4) is 0 Å². The van der Waals surface area contributed by atoms with Crippen LogP contribution in [0.5, 0.6) is 0 Å². The van der Waals surface area contributed by atoms with E-state index in [1.54, 1.807) is 6.07 Å². The molecule has 0 aromatic heterocycles. The van der Waals surface area contributed by atoms with Crippen molar-refractivity contribution in [2.45, 2.75) is 40.9 Å². The van der Waals surface area contributed by atoms with E-state index in [2.05, 4.69) is 38.2 Å². The van der Waals surface area contributed by atoms with E-state index in [-0.39, 0.29) is 21.1 Å². The van der Waals surface area contributed by atoms with Crippen LogP contribution in [-0.2, 0) is 15.5 Å². The minimum absolute atomic E-state index is 0.0648. The molecule has 0 unspecified atom stereocenters. The lowest BCUT2D eigenvalue weighted by Gasteiger charge is -2.19. The van der Waals surface area contributed by atoms with Crippen molar-refractivity contribution >= 4 is 44.9 Å². The van der Waals surface area contributed by atoms with E-state index >= 15 is 0 Å². The summed E-state index contributed by atoms with van der Waals surface area (Å²) in [6.07, 6.45) is 0. The summed E-state index contributed by atoms with van der Waals surface area (Å²) in [5.41, 5.74) is 6.81. The van der Waals surface area contributed by atoms with Crippen LogP contribution >= 0.6 is 24.0 Å². The van der Waals surface area contributed by atoms with Gasteiger partial charge in [0.15, 0.2) is 5.11 Å². The Labute approximate surface area is 157 Å². The Morgan fingerprint density at radius 2 is 1.68 bits per heavy atom. The number of benzene rings is 2. The molecule has 0 spiro atoms. The minimum atomic E-state index is -4.41. The van der Waals surface area contributed by atoms with Crippen molar-refractivity contribution in [2.24, 2.45) is 5.73 Å². The molecule has 2 rings (SSSR count). The van der Waals surface area contributed by atoms with Gasteiger partial charge >= 0.3 is 0 Å². The van der Waals surface area contributed by atoms with E-state index in [0.29, 0.717) is 4.90 Å². The number of anilines is 1. The van der Waals surface area contributed by atoms with Crippen molar-refractivity contribution in [1.29, 1.82) is 0 Å². The number of rotatable bonds is 4. The first-order valence-electron chi connectivity index (χ1n) is 7.43. The van der Waals surface area contributed by atoms with Crippen molar-refractivity contribution in [3.63, 3.8) is 0 Å². The molecule has 0 fully saturated rings. The minimum Gasteiger partial charge on any atom is -0.376 e. The zero-order valence-corrected chi connectivity index (χ0v) is 16.6. The van der Waals surface area contributed by atoms with Crippen molar-refractivity contribution < 1.29 is 13.0 Å². The van der Waals surface area contributed by atoms with Gasteiger partial charge in [0.2, 0.25) is 0 Å². The summed E-state index contributed by atoms with van der Waals surface area (Å²) in [6.45, 7) is 6.42. The van der Waals surface area contributed by atoms with Gasteiger partial charge in [-0.2, -0.15) is 8.42 Å². The maximum atomic E-state index is 11.6. The van der Waals surface area contributed by atoms with Gasteiger partial charge < -0.3 is 11.1 Å². The summed E-state index contributed by atoms with van der Waals surface area (Å²) < 4.78 is 32.7. The first kappa shape index (κ1) is 19.7. The number of thiocarbonyl (C=S) groups is 1. The molecule has 2 aromatic carbocycles. The van der Waals surface area contributed by atoms with Crippen LogP contribution in [0, 0.1) is 0 Å². The van der Waals surface area contributed by atoms with Gasteiger partial charge in [-0.3, -0.25) is 4.55 Å². The zero-order chi connectivity index (χ0) is 18.8. The largest absolute Gasteiger partial charge is 0.376 e. The summed E-state index contributed by atoms with van der Waals surface area (Å²) in [5.74, 6) is 0. The third kappa shape index (κ3) is 5.43. The fourth-order valence-electron chi connectivity index (χ4n) is 2.17. The van der Waals surface area contributed by atoms with E-state index in [1.165, 1.54) is 29.5 Å². The quantitative estimate of drug-likeness (QED) is 0.530. The second kappa shape index (κ2) is 7.33. The SMILES string of the molecule is CC(C)(C)c1ccc(Sc2ccc(NC(N)=S)c(S(=O)(=O)O)c2)cc1. The standard InChI is InChI=1S/C17H20N2O3S3/c1-17(2,3)11-4-6-12(7-5-11)24-13-8-9-14(19-16(18)23)15(10-13)25(20,21)22/h4-10H,1-3H3,(H3,18,19,23)(H,20,21,22). The lowest BCUT2D eigenvalue weighted by Crippen LogP contribution is -2.20. The molecule has 134 valence electrons. The highest BCUT2D eigenvalue weighted by Crippen LogP contribution is 2.33. The second-order valence-corrected chi connectivity index (χ2v) is 9.48. The summed E-state index contributed by atoms with van der Waals surface area (Å²) >= 11 is 6.12. The molecule has 4 N–H and O–H groups in total. The first-order valence-corrected chi connectivity index (χ1v) is 10.1. The summed E-state index contributed by atoms with van der Waals surface area (Å²) in [5, 5.41) is 2.48. The summed E-state index contributed by atoms with van der Waals surface area (Å²) in [4.78, 5) is 1.37. The highest BCUT2D eigenvalue weighted by atomic mass is 32.2. The Morgan fingerprint density at radius 3 is 2.16 bits per heavy atom. The third-order valence-corrected chi connectivity index (χ3v) is 5.44. The highest BCUT2D eigenvalue weighted by Gasteiger charge is 2.17. The number of hydrogen-bond acceptors (Lipinski definition) is 4. The van der Waals surface area contributed by atoms with Gasteiger partial charge in [0.05, 0.1) is 5.69 Å². The van der Waals surface area contributed by atoms with E-state index in [1.807, 2.05) is 12.1 Å². The molecule has 0 amide bonds. The molecule has 0 aliphatic carbocycles. The monoisotopic (exact) mass is 396 g/mol. The Morgan fingerprint density at radius 1 is 1.12 bits per heavy atom. The van der Waals surface area contributed by atoms with Gasteiger partial charge in [-0.1, -0.05) is 44.7 Å². The molecular formula is C17H20N2O3S3. The van der Waals surface area contributed by atoms with E-state index in [0.717, 1.165) is 4.90 Å². The Bertz CT molecular complexity index is 886. The molecule has 0 aliphatic heterocycles. The van der Waals surface area contributed by atoms with Crippen LogP contribution in [-0.4, -0.2) is 18.1 Å². The highest BCUT2D eigenvalue weighted by molar-refractivity contribution is 7.99. The van der Waals surface area contributed by atoms with E-state index < -0.39 is 10.1 Å². The van der Waals surface area contributed by atoms with Crippen molar-refractivity contribution in [2.75, 3.05) is 5.32 Å². The molecule has 25 heavy (non-hydrogen) atoms. The van der Waals surface area contributed by atoms with Gasteiger partial charge in [-0.05, 0) is 53.5 Å². The molecule has 0 saturated carbocycles. The van der Waals surface area contributed by atoms with Crippen molar-refractivity contribution in [1.82, 2.24) is 0 Å². The third-order valence-electron chi connectivity index (χ3n) is 3.44.